The van der Waals surface area contributed by atoms with Crippen molar-refractivity contribution in [3.63, 3.8) is 0 Å². The van der Waals surface area contributed by atoms with E-state index >= 15 is 0 Å². The lowest BCUT2D eigenvalue weighted by Crippen LogP contribution is -2.36. The number of nitrogens with zero attached hydrogens (tertiary/aromatic N) is 2. The Hall–Kier alpha value is -2.21. The molecule has 0 aliphatic heterocycles. The first-order valence-corrected chi connectivity index (χ1v) is 7.38. The molecule has 0 bridgehead atoms. The van der Waals surface area contributed by atoms with Crippen molar-refractivity contribution >= 4 is 34.4 Å². The van der Waals surface area contributed by atoms with Crippen LogP contribution in [-0.4, -0.2) is 34.7 Å². The monoisotopic (exact) mass is 323 g/mol. The Bertz CT molecular complexity index is 735. The maximum Gasteiger partial charge on any atom is 0.338 e. The normalized spacial score (nSPS) is 10.9. The first-order valence-electron chi connectivity index (χ1n) is 7.00. The fraction of sp³-hybridized carbons (Fsp3) is 0.333. The number of carbonyl (C=O) groups excluding carboxylic acids is 1. The number of benzene rings is 1. The van der Waals surface area contributed by atoms with E-state index in [1.165, 1.54) is 0 Å². The molecule has 2 aromatic rings. The van der Waals surface area contributed by atoms with E-state index in [1.807, 2.05) is 18.9 Å². The minimum atomic E-state index is -1.12. The van der Waals surface area contributed by atoms with Crippen molar-refractivity contribution in [2.24, 2.45) is 5.73 Å². The van der Waals surface area contributed by atoms with E-state index in [9.17, 15) is 14.7 Å². The number of hydrogen-bond donors (Lipinski definition) is 2. The van der Waals surface area contributed by atoms with Crippen molar-refractivity contribution in [3.8, 4) is 0 Å². The lowest BCUT2D eigenvalue weighted by atomic mass is 10.1. The second kappa shape index (κ2) is 6.27. The molecule has 0 unspecified atom stereocenters. The molecule has 0 saturated carbocycles. The predicted molar refractivity (Wildman–Crippen MR) is 86.1 cm³/mol. The summed E-state index contributed by atoms with van der Waals surface area (Å²) < 4.78 is 1.75. The topological polar surface area (TPSA) is 88.6 Å². The van der Waals surface area contributed by atoms with Gasteiger partial charge in [-0.1, -0.05) is 17.7 Å². The van der Waals surface area contributed by atoms with Gasteiger partial charge >= 0.3 is 5.97 Å². The number of fused-ring (bicyclic) bond motifs is 1. The van der Waals surface area contributed by atoms with Crippen molar-refractivity contribution in [1.29, 1.82) is 0 Å². The first-order chi connectivity index (χ1) is 10.4. The van der Waals surface area contributed by atoms with Crippen LogP contribution in [0.5, 0.6) is 0 Å². The Balaban J connectivity index is 2.93. The quantitative estimate of drug-likeness (QED) is 0.851. The van der Waals surface area contributed by atoms with Gasteiger partial charge in [0.2, 0.25) is 5.91 Å². The van der Waals surface area contributed by atoms with E-state index < -0.39 is 11.9 Å². The molecular formula is C15H18ClN3O3. The summed E-state index contributed by atoms with van der Waals surface area (Å²) in [7, 11) is 0. The van der Waals surface area contributed by atoms with Gasteiger partial charge in [-0.25, -0.2) is 4.79 Å². The Morgan fingerprint density at radius 2 is 1.95 bits per heavy atom. The molecule has 1 amide bonds. The molecule has 0 radical (unpaired) electrons. The van der Waals surface area contributed by atoms with E-state index in [0.29, 0.717) is 34.7 Å². The van der Waals surface area contributed by atoms with Crippen LogP contribution < -0.4 is 10.7 Å². The van der Waals surface area contributed by atoms with Crippen LogP contribution in [0.15, 0.2) is 18.2 Å². The number of carboxylic acids is 1. The first kappa shape index (κ1) is 16.2. The largest absolute Gasteiger partial charge is 0.478 e. The van der Waals surface area contributed by atoms with Gasteiger partial charge in [0.15, 0.2) is 0 Å². The molecule has 7 heteroatoms. The van der Waals surface area contributed by atoms with Gasteiger partial charge in [-0.15, -0.1) is 0 Å². The SMILES string of the molecule is CCN(CC)n1c(CC(N)=O)c(C(=O)O)c2c(Cl)cccc21. The highest BCUT2D eigenvalue weighted by molar-refractivity contribution is 6.36. The minimum absolute atomic E-state index is 0.0336. The number of amides is 1. The number of aromatic carboxylic acids is 1. The minimum Gasteiger partial charge on any atom is -0.478 e. The van der Waals surface area contributed by atoms with Crippen molar-refractivity contribution < 1.29 is 14.7 Å². The van der Waals surface area contributed by atoms with Gasteiger partial charge in [0, 0.05) is 18.5 Å². The van der Waals surface area contributed by atoms with Gasteiger partial charge in [0.05, 0.1) is 28.2 Å². The number of primary amides is 1. The molecule has 6 nitrogen and oxygen atoms in total. The number of carbonyl (C=O) groups is 2. The van der Waals surface area contributed by atoms with E-state index in [2.05, 4.69) is 0 Å². The molecule has 1 aromatic heterocycles. The molecule has 1 aromatic carbocycles. The summed E-state index contributed by atoms with van der Waals surface area (Å²) in [5.74, 6) is -1.71. The van der Waals surface area contributed by atoms with E-state index in [0.717, 1.165) is 0 Å². The zero-order chi connectivity index (χ0) is 16.4. The summed E-state index contributed by atoms with van der Waals surface area (Å²) in [5.41, 5.74) is 6.35. The second-order valence-corrected chi connectivity index (χ2v) is 5.26. The molecule has 0 fully saturated rings. The van der Waals surface area contributed by atoms with Crippen LogP contribution in [0, 0.1) is 0 Å². The summed E-state index contributed by atoms with van der Waals surface area (Å²) >= 11 is 6.21. The van der Waals surface area contributed by atoms with Gasteiger partial charge in [0.1, 0.15) is 0 Å². The van der Waals surface area contributed by atoms with Gasteiger partial charge in [-0.3, -0.25) is 9.47 Å². The molecule has 0 saturated heterocycles. The lowest BCUT2D eigenvalue weighted by molar-refractivity contribution is -0.117. The number of aromatic nitrogens is 1. The van der Waals surface area contributed by atoms with Gasteiger partial charge in [-0.05, 0) is 26.0 Å². The standard InChI is InChI=1S/C15H18ClN3O3/c1-3-18(4-2)19-10-7-5-6-9(16)13(10)14(15(21)22)11(19)8-12(17)20/h5-7H,3-4,8H2,1-2H3,(H2,17,20)(H,21,22). The van der Waals surface area contributed by atoms with E-state index in [1.54, 1.807) is 22.9 Å². The second-order valence-electron chi connectivity index (χ2n) is 4.85. The number of carboxylic acid groups (broad SMARTS) is 1. The fourth-order valence-corrected chi connectivity index (χ4v) is 2.98. The Morgan fingerprint density at radius 1 is 1.32 bits per heavy atom. The summed E-state index contributed by atoms with van der Waals surface area (Å²) in [6.45, 7) is 5.21. The van der Waals surface area contributed by atoms with Crippen LogP contribution in [0.25, 0.3) is 10.9 Å². The Morgan fingerprint density at radius 3 is 2.45 bits per heavy atom. The number of halogens is 1. The highest BCUT2D eigenvalue weighted by Crippen LogP contribution is 2.32. The molecule has 118 valence electrons. The maximum absolute atomic E-state index is 11.7. The molecule has 22 heavy (non-hydrogen) atoms. The molecule has 0 aliphatic carbocycles. The predicted octanol–water partition coefficient (Wildman–Crippen LogP) is 2.00. The van der Waals surface area contributed by atoms with Gasteiger partial charge in [-0.2, -0.15) is 0 Å². The highest BCUT2D eigenvalue weighted by atomic mass is 35.5. The average molecular weight is 324 g/mol. The molecule has 2 rings (SSSR count). The molecule has 0 spiro atoms. The smallest absolute Gasteiger partial charge is 0.338 e. The van der Waals surface area contributed by atoms with Gasteiger partial charge in [0.25, 0.3) is 0 Å². The van der Waals surface area contributed by atoms with Crippen LogP contribution in [0.3, 0.4) is 0 Å². The summed E-state index contributed by atoms with van der Waals surface area (Å²) in [6, 6.07) is 5.18. The average Bonchev–Trinajstić information content (AvgIpc) is 2.76. The molecule has 1 heterocycles. The third-order valence-corrected chi connectivity index (χ3v) is 3.90. The third kappa shape index (κ3) is 2.62. The summed E-state index contributed by atoms with van der Waals surface area (Å²) in [4.78, 5) is 23.2. The van der Waals surface area contributed by atoms with Crippen LogP contribution in [-0.2, 0) is 11.2 Å². The van der Waals surface area contributed by atoms with E-state index in [4.69, 9.17) is 17.3 Å². The maximum atomic E-state index is 11.7. The van der Waals surface area contributed by atoms with E-state index in [-0.39, 0.29) is 12.0 Å². The van der Waals surface area contributed by atoms with Crippen molar-refractivity contribution in [2.45, 2.75) is 20.3 Å². The van der Waals surface area contributed by atoms with Crippen LogP contribution >= 0.6 is 11.6 Å². The zero-order valence-corrected chi connectivity index (χ0v) is 13.2. The fourth-order valence-electron chi connectivity index (χ4n) is 2.72. The van der Waals surface area contributed by atoms with Crippen LogP contribution in [0.1, 0.15) is 29.9 Å². The van der Waals surface area contributed by atoms with Crippen LogP contribution in [0.4, 0.5) is 0 Å². The Labute approximate surface area is 133 Å². The lowest BCUT2D eigenvalue weighted by Gasteiger charge is -2.26. The van der Waals surface area contributed by atoms with Crippen molar-refractivity contribution in [1.82, 2.24) is 4.68 Å². The zero-order valence-electron chi connectivity index (χ0n) is 12.5. The Kier molecular flexibility index (Phi) is 4.61. The molecule has 0 aliphatic rings. The van der Waals surface area contributed by atoms with Crippen molar-refractivity contribution in [3.05, 3.63) is 34.5 Å². The van der Waals surface area contributed by atoms with Crippen LogP contribution in [0.2, 0.25) is 5.02 Å². The number of hydrogen-bond acceptors (Lipinski definition) is 3. The van der Waals surface area contributed by atoms with Gasteiger partial charge < -0.3 is 15.8 Å². The number of rotatable bonds is 6. The third-order valence-electron chi connectivity index (χ3n) is 3.58. The summed E-state index contributed by atoms with van der Waals surface area (Å²) in [5, 5.41) is 12.3. The van der Waals surface area contributed by atoms with Crippen molar-refractivity contribution in [2.75, 3.05) is 18.1 Å². The molecule has 0 atom stereocenters. The number of nitrogens with two attached hydrogens (primary N) is 1. The molecule has 3 N–H and O–H groups in total. The highest BCUT2D eigenvalue weighted by Gasteiger charge is 2.26. The molecular weight excluding hydrogens is 306 g/mol. The summed E-state index contributed by atoms with van der Waals surface area (Å²) in [6.07, 6.45) is -0.164.